The Morgan fingerprint density at radius 1 is 1.08 bits per heavy atom. The van der Waals surface area contributed by atoms with Crippen LogP contribution in [0.3, 0.4) is 0 Å². The number of benzene rings is 1. The first-order valence-electron chi connectivity index (χ1n) is 2.95. The fourth-order valence-electron chi connectivity index (χ4n) is 0.719. The van der Waals surface area contributed by atoms with Gasteiger partial charge in [0.2, 0.25) is 0 Å². The summed E-state index contributed by atoms with van der Waals surface area (Å²) in [6.07, 6.45) is 0. The lowest BCUT2D eigenvalue weighted by atomic mass is 10.2. The van der Waals surface area contributed by atoms with Crippen LogP contribution >= 0.6 is 31.9 Å². The normalized spacial score (nSPS) is 10.4. The van der Waals surface area contributed by atoms with Crippen LogP contribution in [0.2, 0.25) is 0 Å². The molecule has 0 saturated heterocycles. The summed E-state index contributed by atoms with van der Waals surface area (Å²) in [6, 6.07) is 1.20. The van der Waals surface area contributed by atoms with Crippen LogP contribution in [0.1, 0.15) is 5.56 Å². The number of hydrogen-bond acceptors (Lipinski definition) is 0. The van der Waals surface area contributed by atoms with Gasteiger partial charge in [-0.1, -0.05) is 15.9 Å². The van der Waals surface area contributed by atoms with Crippen LogP contribution in [-0.4, -0.2) is 0 Å². The maximum Gasteiger partial charge on any atom is 0.195 e. The Kier molecular flexibility index (Phi) is 3.17. The average Bonchev–Trinajstić information content (AvgIpc) is 2.08. The first kappa shape index (κ1) is 10.1. The van der Waals surface area contributed by atoms with Gasteiger partial charge in [-0.3, -0.25) is 0 Å². The van der Waals surface area contributed by atoms with Gasteiger partial charge in [0.15, 0.2) is 17.5 Å². The second kappa shape index (κ2) is 3.79. The van der Waals surface area contributed by atoms with Crippen molar-refractivity contribution in [2.24, 2.45) is 0 Å². The van der Waals surface area contributed by atoms with Crippen molar-refractivity contribution in [1.29, 1.82) is 0 Å². The molecule has 0 aliphatic carbocycles. The van der Waals surface area contributed by atoms with Gasteiger partial charge in [-0.25, -0.2) is 13.2 Å². The summed E-state index contributed by atoms with van der Waals surface area (Å²) in [5, 5.41) is 0.147. The van der Waals surface area contributed by atoms with Gasteiger partial charge < -0.3 is 0 Å². The monoisotopic (exact) mass is 302 g/mol. The SMILES string of the molecule is Fc1c(Br)cc(CBr)c(F)c1F. The molecule has 0 radical (unpaired) electrons. The van der Waals surface area contributed by atoms with E-state index in [0.717, 1.165) is 0 Å². The number of hydrogen-bond donors (Lipinski definition) is 0. The zero-order chi connectivity index (χ0) is 9.30. The highest BCUT2D eigenvalue weighted by Gasteiger charge is 2.16. The van der Waals surface area contributed by atoms with E-state index in [1.54, 1.807) is 0 Å². The third-order valence-electron chi connectivity index (χ3n) is 1.32. The summed E-state index contributed by atoms with van der Waals surface area (Å²) < 4.78 is 38.0. The molecule has 0 bridgehead atoms. The molecule has 1 aromatic rings. The number of alkyl halides is 1. The maximum absolute atomic E-state index is 12.8. The van der Waals surface area contributed by atoms with E-state index >= 15 is 0 Å². The molecule has 0 heterocycles. The van der Waals surface area contributed by atoms with Crippen LogP contribution in [0, 0.1) is 17.5 Å². The van der Waals surface area contributed by atoms with E-state index in [0.29, 0.717) is 0 Å². The molecule has 12 heavy (non-hydrogen) atoms. The lowest BCUT2D eigenvalue weighted by molar-refractivity contribution is 0.440. The predicted molar refractivity (Wildman–Crippen MR) is 46.6 cm³/mol. The fourth-order valence-corrected chi connectivity index (χ4v) is 1.58. The zero-order valence-corrected chi connectivity index (χ0v) is 8.85. The Morgan fingerprint density at radius 3 is 2.17 bits per heavy atom. The summed E-state index contributed by atoms with van der Waals surface area (Å²) in [5.74, 6) is -3.79. The van der Waals surface area contributed by atoms with Crippen LogP contribution in [0.5, 0.6) is 0 Å². The molecule has 1 aromatic carbocycles. The molecule has 1 rings (SSSR count). The minimum Gasteiger partial charge on any atom is -0.203 e. The van der Waals surface area contributed by atoms with Crippen LogP contribution < -0.4 is 0 Å². The Hall–Kier alpha value is -0.0300. The molecule has 5 heteroatoms. The lowest BCUT2D eigenvalue weighted by Crippen LogP contribution is -1.96. The molecule has 0 unspecified atom stereocenters. The molecular weight excluding hydrogens is 301 g/mol. The Balaban J connectivity index is 3.39. The summed E-state index contributed by atoms with van der Waals surface area (Å²) in [7, 11) is 0. The molecule has 0 N–H and O–H groups in total. The summed E-state index contributed by atoms with van der Waals surface area (Å²) >= 11 is 5.72. The largest absolute Gasteiger partial charge is 0.203 e. The highest BCUT2D eigenvalue weighted by Crippen LogP contribution is 2.24. The zero-order valence-electron chi connectivity index (χ0n) is 5.67. The minimum absolute atomic E-state index is 0.0733. The second-order valence-electron chi connectivity index (χ2n) is 2.09. The van der Waals surface area contributed by atoms with Crippen molar-refractivity contribution in [2.45, 2.75) is 5.33 Å². The van der Waals surface area contributed by atoms with E-state index in [1.165, 1.54) is 6.07 Å². The molecule has 0 saturated carbocycles. The molecular formula is C7H3Br2F3. The van der Waals surface area contributed by atoms with Crippen LogP contribution in [0.25, 0.3) is 0 Å². The fraction of sp³-hybridized carbons (Fsp3) is 0.143. The van der Waals surface area contributed by atoms with Crippen LogP contribution in [-0.2, 0) is 5.33 Å². The molecule has 0 spiro atoms. The third kappa shape index (κ3) is 1.66. The summed E-state index contributed by atoms with van der Waals surface area (Å²) in [4.78, 5) is 0. The lowest BCUT2D eigenvalue weighted by Gasteiger charge is -2.02. The minimum atomic E-state index is -1.45. The van der Waals surface area contributed by atoms with Gasteiger partial charge in [-0.05, 0) is 22.0 Å². The number of rotatable bonds is 1. The first-order chi connectivity index (χ1) is 5.57. The van der Waals surface area contributed by atoms with Crippen molar-refractivity contribution >= 4 is 31.9 Å². The van der Waals surface area contributed by atoms with E-state index < -0.39 is 17.5 Å². The van der Waals surface area contributed by atoms with Gasteiger partial charge in [0.25, 0.3) is 0 Å². The second-order valence-corrected chi connectivity index (χ2v) is 3.51. The molecule has 0 aliphatic heterocycles. The van der Waals surface area contributed by atoms with E-state index in [2.05, 4.69) is 31.9 Å². The van der Waals surface area contributed by atoms with Crippen molar-refractivity contribution < 1.29 is 13.2 Å². The van der Waals surface area contributed by atoms with Gasteiger partial charge >= 0.3 is 0 Å². The van der Waals surface area contributed by atoms with Crippen LogP contribution in [0.4, 0.5) is 13.2 Å². The first-order valence-corrected chi connectivity index (χ1v) is 4.87. The molecule has 66 valence electrons. The van der Waals surface area contributed by atoms with Gasteiger partial charge in [-0.2, -0.15) is 0 Å². The van der Waals surface area contributed by atoms with Crippen LogP contribution in [0.15, 0.2) is 10.5 Å². The van der Waals surface area contributed by atoms with Crippen molar-refractivity contribution in [2.75, 3.05) is 0 Å². The predicted octanol–water partition coefficient (Wildman–Crippen LogP) is 3.76. The summed E-state index contributed by atoms with van der Waals surface area (Å²) in [5.41, 5.74) is 0.0841. The Morgan fingerprint density at radius 2 is 1.67 bits per heavy atom. The highest BCUT2D eigenvalue weighted by molar-refractivity contribution is 9.10. The third-order valence-corrected chi connectivity index (χ3v) is 2.50. The number of halogens is 5. The van der Waals surface area contributed by atoms with Crippen molar-refractivity contribution in [3.63, 3.8) is 0 Å². The van der Waals surface area contributed by atoms with E-state index in [-0.39, 0.29) is 15.4 Å². The Labute approximate surface area is 84.0 Å². The van der Waals surface area contributed by atoms with Gasteiger partial charge in [-0.15, -0.1) is 0 Å². The Bertz CT molecular complexity index is 312. The van der Waals surface area contributed by atoms with E-state index in [4.69, 9.17) is 0 Å². The quantitative estimate of drug-likeness (QED) is 0.421. The molecule has 0 amide bonds. The molecule has 0 aliphatic rings. The molecule has 0 atom stereocenters. The average molecular weight is 304 g/mol. The smallest absolute Gasteiger partial charge is 0.195 e. The van der Waals surface area contributed by atoms with Gasteiger partial charge in [0.05, 0.1) is 4.47 Å². The van der Waals surface area contributed by atoms with E-state index in [9.17, 15) is 13.2 Å². The standard InChI is InChI=1S/C7H3Br2F3/c8-2-3-1-4(9)6(11)7(12)5(3)10/h1H,2H2. The van der Waals surface area contributed by atoms with Gasteiger partial charge in [0, 0.05) is 10.9 Å². The molecule has 0 fully saturated rings. The van der Waals surface area contributed by atoms with Crippen molar-refractivity contribution in [1.82, 2.24) is 0 Å². The molecule has 0 nitrogen and oxygen atoms in total. The van der Waals surface area contributed by atoms with Crippen molar-refractivity contribution in [3.8, 4) is 0 Å². The van der Waals surface area contributed by atoms with Gasteiger partial charge in [0.1, 0.15) is 0 Å². The topological polar surface area (TPSA) is 0 Å². The highest BCUT2D eigenvalue weighted by atomic mass is 79.9. The maximum atomic E-state index is 12.8. The van der Waals surface area contributed by atoms with Crippen molar-refractivity contribution in [3.05, 3.63) is 33.6 Å². The molecule has 0 aromatic heterocycles. The van der Waals surface area contributed by atoms with E-state index in [1.807, 2.05) is 0 Å². The summed E-state index contributed by atoms with van der Waals surface area (Å²) in [6.45, 7) is 0.